The van der Waals surface area contributed by atoms with E-state index in [1.807, 2.05) is 18.2 Å². The highest BCUT2D eigenvalue weighted by molar-refractivity contribution is 5.78. The highest BCUT2D eigenvalue weighted by Crippen LogP contribution is 2.23. The van der Waals surface area contributed by atoms with E-state index in [1.165, 1.54) is 12.8 Å². The zero-order valence-electron chi connectivity index (χ0n) is 11.4. The molecule has 2 N–H and O–H groups in total. The second-order valence-electron chi connectivity index (χ2n) is 4.61. The third-order valence-electron chi connectivity index (χ3n) is 3.09. The van der Waals surface area contributed by atoms with Gasteiger partial charge in [-0.1, -0.05) is 0 Å². The van der Waals surface area contributed by atoms with Gasteiger partial charge in [-0.15, -0.1) is 0 Å². The summed E-state index contributed by atoms with van der Waals surface area (Å²) >= 11 is 0. The minimum atomic E-state index is -0.00299. The van der Waals surface area contributed by atoms with Crippen molar-refractivity contribution in [3.8, 4) is 11.5 Å². The van der Waals surface area contributed by atoms with E-state index < -0.39 is 0 Å². The van der Waals surface area contributed by atoms with E-state index in [4.69, 9.17) is 9.47 Å². The maximum atomic E-state index is 11.7. The van der Waals surface area contributed by atoms with E-state index >= 15 is 0 Å². The van der Waals surface area contributed by atoms with Crippen LogP contribution in [0, 0.1) is 0 Å². The van der Waals surface area contributed by atoms with E-state index in [-0.39, 0.29) is 5.91 Å². The van der Waals surface area contributed by atoms with Gasteiger partial charge in [0.15, 0.2) is 0 Å². The second kappa shape index (κ2) is 6.43. The summed E-state index contributed by atoms with van der Waals surface area (Å²) in [5.41, 5.74) is 0.904. The first kappa shape index (κ1) is 13.7. The minimum Gasteiger partial charge on any atom is -0.497 e. The monoisotopic (exact) mass is 264 g/mol. The molecule has 0 unspecified atom stereocenters. The highest BCUT2D eigenvalue weighted by atomic mass is 16.5. The molecule has 5 heteroatoms. The molecular formula is C14H20N2O3. The maximum Gasteiger partial charge on any atom is 0.234 e. The van der Waals surface area contributed by atoms with Crippen LogP contribution in [-0.2, 0) is 11.3 Å². The number of hydrogen-bond donors (Lipinski definition) is 2. The SMILES string of the molecule is COc1ccc(OC)c(CNC(=O)CNC2CC2)c1. The first-order valence-electron chi connectivity index (χ1n) is 6.44. The van der Waals surface area contributed by atoms with Crippen LogP contribution in [0.15, 0.2) is 18.2 Å². The first-order valence-corrected chi connectivity index (χ1v) is 6.44. The van der Waals surface area contributed by atoms with Crippen molar-refractivity contribution in [3.63, 3.8) is 0 Å². The Morgan fingerprint density at radius 2 is 2.11 bits per heavy atom. The number of methoxy groups -OCH3 is 2. The highest BCUT2D eigenvalue weighted by Gasteiger charge is 2.21. The molecule has 1 amide bonds. The lowest BCUT2D eigenvalue weighted by atomic mass is 10.2. The molecule has 1 aliphatic carbocycles. The topological polar surface area (TPSA) is 59.6 Å². The largest absolute Gasteiger partial charge is 0.497 e. The van der Waals surface area contributed by atoms with Gasteiger partial charge < -0.3 is 20.1 Å². The smallest absolute Gasteiger partial charge is 0.234 e. The molecule has 0 spiro atoms. The molecule has 1 aromatic carbocycles. The van der Waals surface area contributed by atoms with Gasteiger partial charge in [0.05, 0.1) is 20.8 Å². The first-order chi connectivity index (χ1) is 9.22. The summed E-state index contributed by atoms with van der Waals surface area (Å²) in [4.78, 5) is 11.7. The molecule has 0 bridgehead atoms. The lowest BCUT2D eigenvalue weighted by Gasteiger charge is -2.11. The van der Waals surface area contributed by atoms with Crippen LogP contribution in [0.3, 0.4) is 0 Å². The number of carbonyl (C=O) groups excluding carboxylic acids is 1. The third kappa shape index (κ3) is 4.13. The van der Waals surface area contributed by atoms with Gasteiger partial charge in [-0.25, -0.2) is 0 Å². The predicted octanol–water partition coefficient (Wildman–Crippen LogP) is 1.07. The molecule has 0 radical (unpaired) electrons. The fraction of sp³-hybridized carbons (Fsp3) is 0.500. The maximum absolute atomic E-state index is 11.7. The third-order valence-corrected chi connectivity index (χ3v) is 3.09. The molecule has 19 heavy (non-hydrogen) atoms. The minimum absolute atomic E-state index is 0.00299. The van der Waals surface area contributed by atoms with Crippen molar-refractivity contribution >= 4 is 5.91 Å². The molecule has 0 atom stereocenters. The average molecular weight is 264 g/mol. The van der Waals surface area contributed by atoms with Gasteiger partial charge in [-0.3, -0.25) is 4.79 Å². The molecule has 2 rings (SSSR count). The van der Waals surface area contributed by atoms with Crippen molar-refractivity contribution in [1.29, 1.82) is 0 Å². The second-order valence-corrected chi connectivity index (χ2v) is 4.61. The molecular weight excluding hydrogens is 244 g/mol. The van der Waals surface area contributed by atoms with E-state index in [9.17, 15) is 4.79 Å². The predicted molar refractivity (Wildman–Crippen MR) is 72.4 cm³/mol. The molecule has 5 nitrogen and oxygen atoms in total. The number of carbonyl (C=O) groups is 1. The van der Waals surface area contributed by atoms with Crippen LogP contribution in [0.1, 0.15) is 18.4 Å². The quantitative estimate of drug-likeness (QED) is 0.773. The van der Waals surface area contributed by atoms with E-state index in [0.717, 1.165) is 17.1 Å². The van der Waals surface area contributed by atoms with Crippen LogP contribution in [-0.4, -0.2) is 32.7 Å². The summed E-state index contributed by atoms with van der Waals surface area (Å²) in [6, 6.07) is 6.08. The number of benzene rings is 1. The van der Waals surface area contributed by atoms with Crippen molar-refractivity contribution in [1.82, 2.24) is 10.6 Å². The fourth-order valence-corrected chi connectivity index (χ4v) is 1.80. The van der Waals surface area contributed by atoms with Crippen molar-refractivity contribution < 1.29 is 14.3 Å². The van der Waals surface area contributed by atoms with Gasteiger partial charge in [-0.2, -0.15) is 0 Å². The van der Waals surface area contributed by atoms with E-state index in [2.05, 4.69) is 10.6 Å². The fourth-order valence-electron chi connectivity index (χ4n) is 1.80. The van der Waals surface area contributed by atoms with Crippen molar-refractivity contribution in [2.45, 2.75) is 25.4 Å². The summed E-state index contributed by atoms with van der Waals surface area (Å²) in [5.74, 6) is 1.49. The summed E-state index contributed by atoms with van der Waals surface area (Å²) in [5, 5.41) is 6.05. The van der Waals surface area contributed by atoms with Crippen molar-refractivity contribution in [3.05, 3.63) is 23.8 Å². The molecule has 0 heterocycles. The van der Waals surface area contributed by atoms with E-state index in [0.29, 0.717) is 19.1 Å². The summed E-state index contributed by atoms with van der Waals surface area (Å²) < 4.78 is 10.4. The Morgan fingerprint density at radius 1 is 1.32 bits per heavy atom. The lowest BCUT2D eigenvalue weighted by Crippen LogP contribution is -2.34. The Morgan fingerprint density at radius 3 is 2.74 bits per heavy atom. The van der Waals surface area contributed by atoms with Crippen LogP contribution in [0.4, 0.5) is 0 Å². The Bertz CT molecular complexity index is 444. The normalized spacial score (nSPS) is 14.0. The Labute approximate surface area is 113 Å². The molecule has 1 saturated carbocycles. The average Bonchev–Trinajstić information content (AvgIpc) is 3.26. The standard InChI is InChI=1S/C14H20N2O3/c1-18-12-5-6-13(19-2)10(7-12)8-16-14(17)9-15-11-3-4-11/h5-7,11,15H,3-4,8-9H2,1-2H3,(H,16,17). The van der Waals surface area contributed by atoms with Crippen LogP contribution in [0.2, 0.25) is 0 Å². The van der Waals surface area contributed by atoms with Crippen LogP contribution < -0.4 is 20.1 Å². The van der Waals surface area contributed by atoms with Crippen LogP contribution in [0.5, 0.6) is 11.5 Å². The number of amides is 1. The van der Waals surface area contributed by atoms with Gasteiger partial charge in [0.1, 0.15) is 11.5 Å². The summed E-state index contributed by atoms with van der Waals surface area (Å²) in [6.07, 6.45) is 2.36. The van der Waals surface area contributed by atoms with Crippen molar-refractivity contribution in [2.24, 2.45) is 0 Å². The summed E-state index contributed by atoms with van der Waals surface area (Å²) in [6.45, 7) is 0.808. The molecule has 0 aromatic heterocycles. The molecule has 1 aliphatic rings. The number of hydrogen-bond acceptors (Lipinski definition) is 4. The van der Waals surface area contributed by atoms with Gasteiger partial charge in [0.2, 0.25) is 5.91 Å². The Kier molecular flexibility index (Phi) is 4.63. The number of ether oxygens (including phenoxy) is 2. The van der Waals surface area contributed by atoms with E-state index in [1.54, 1.807) is 14.2 Å². The number of nitrogens with one attached hydrogen (secondary N) is 2. The summed E-state index contributed by atoms with van der Waals surface area (Å²) in [7, 11) is 3.23. The van der Waals surface area contributed by atoms with Crippen LogP contribution in [0.25, 0.3) is 0 Å². The molecule has 1 fully saturated rings. The lowest BCUT2D eigenvalue weighted by molar-refractivity contribution is -0.120. The van der Waals surface area contributed by atoms with Crippen LogP contribution >= 0.6 is 0 Å². The Balaban J connectivity index is 1.87. The molecule has 0 saturated heterocycles. The van der Waals surface area contributed by atoms with Gasteiger partial charge in [0.25, 0.3) is 0 Å². The number of rotatable bonds is 7. The van der Waals surface area contributed by atoms with Gasteiger partial charge >= 0.3 is 0 Å². The van der Waals surface area contributed by atoms with Crippen molar-refractivity contribution in [2.75, 3.05) is 20.8 Å². The zero-order valence-corrected chi connectivity index (χ0v) is 11.4. The molecule has 1 aromatic rings. The Hall–Kier alpha value is -1.75. The van der Waals surface area contributed by atoms with Gasteiger partial charge in [0, 0.05) is 18.2 Å². The molecule has 0 aliphatic heterocycles. The molecule has 104 valence electrons. The zero-order chi connectivity index (χ0) is 13.7. The van der Waals surface area contributed by atoms with Gasteiger partial charge in [-0.05, 0) is 31.0 Å².